The Morgan fingerprint density at radius 1 is 1.36 bits per heavy atom. The fraction of sp³-hybridized carbons (Fsp3) is 0.550. The lowest BCUT2D eigenvalue weighted by Crippen LogP contribution is -2.45. The van der Waals surface area contributed by atoms with E-state index >= 15 is 0 Å². The first-order valence-corrected chi connectivity index (χ1v) is 10.8. The third-order valence-corrected chi connectivity index (χ3v) is 6.31. The molecule has 1 aliphatic rings. The normalized spacial score (nSPS) is 17.0. The van der Waals surface area contributed by atoms with Gasteiger partial charge in [0.15, 0.2) is 11.8 Å². The maximum absolute atomic E-state index is 5.79. The summed E-state index contributed by atoms with van der Waals surface area (Å²) in [6.07, 6.45) is 3.02. The summed E-state index contributed by atoms with van der Waals surface area (Å²) in [4.78, 5) is 4.79. The molecule has 152 valence electrons. The van der Waals surface area contributed by atoms with Crippen LogP contribution in [0.1, 0.15) is 43.5 Å². The van der Waals surface area contributed by atoms with Crippen LogP contribution in [0, 0.1) is 6.92 Å². The van der Waals surface area contributed by atoms with Crippen LogP contribution in [-0.4, -0.2) is 44.9 Å². The van der Waals surface area contributed by atoms with E-state index in [-0.39, 0.29) is 10.8 Å². The topological polar surface area (TPSA) is 76.4 Å². The molecule has 0 saturated heterocycles. The number of ether oxygens (including phenoxy) is 1. The molecular weight excluding hydrogens is 372 g/mol. The van der Waals surface area contributed by atoms with Crippen LogP contribution in [-0.2, 0) is 13.6 Å². The summed E-state index contributed by atoms with van der Waals surface area (Å²) in [5.41, 5.74) is 1.17. The average Bonchev–Trinajstić information content (AvgIpc) is 3.02. The Labute approximate surface area is 171 Å². The molecule has 2 heterocycles. The lowest BCUT2D eigenvalue weighted by Gasteiger charge is -2.29. The van der Waals surface area contributed by atoms with Gasteiger partial charge in [-0.05, 0) is 33.1 Å². The number of rotatable bonds is 6. The predicted molar refractivity (Wildman–Crippen MR) is 115 cm³/mol. The van der Waals surface area contributed by atoms with Gasteiger partial charge in [0.25, 0.3) is 0 Å². The van der Waals surface area contributed by atoms with Crippen LogP contribution in [0.25, 0.3) is 0 Å². The Morgan fingerprint density at radius 2 is 2.14 bits per heavy atom. The van der Waals surface area contributed by atoms with Gasteiger partial charge in [-0.1, -0.05) is 18.2 Å². The molecule has 1 aromatic carbocycles. The predicted octanol–water partition coefficient (Wildman–Crippen LogP) is 2.82. The molecule has 8 heteroatoms. The van der Waals surface area contributed by atoms with Gasteiger partial charge in [0.2, 0.25) is 0 Å². The number of fused-ring (bicyclic) bond motifs is 1. The van der Waals surface area contributed by atoms with E-state index in [1.165, 1.54) is 5.56 Å². The van der Waals surface area contributed by atoms with Gasteiger partial charge in [0.05, 0.1) is 12.6 Å². The number of guanidine groups is 1. The fourth-order valence-corrected chi connectivity index (χ4v) is 3.13. The number of hydrogen-bond donors (Lipinski definition) is 2. The Bertz CT molecular complexity index is 832. The maximum Gasteiger partial charge on any atom is 0.192 e. The number of aromatic nitrogens is 3. The first kappa shape index (κ1) is 20.5. The molecule has 2 N–H and O–H groups in total. The molecule has 7 nitrogen and oxygen atoms in total. The molecule has 1 aromatic heterocycles. The average molecular weight is 403 g/mol. The number of thioether (sulfide) groups is 1. The van der Waals surface area contributed by atoms with Gasteiger partial charge in [-0.25, -0.2) is 4.99 Å². The maximum atomic E-state index is 5.79. The number of nitrogens with zero attached hydrogens (tertiary/aromatic N) is 4. The van der Waals surface area contributed by atoms with E-state index in [9.17, 15) is 0 Å². The van der Waals surface area contributed by atoms with E-state index in [0.29, 0.717) is 13.2 Å². The molecule has 2 aromatic rings. The second kappa shape index (κ2) is 8.86. The van der Waals surface area contributed by atoms with Crippen LogP contribution >= 0.6 is 11.8 Å². The van der Waals surface area contributed by atoms with Crippen LogP contribution < -0.4 is 15.4 Å². The first-order chi connectivity index (χ1) is 13.4. The minimum Gasteiger partial charge on any atom is -0.493 e. The molecule has 1 atom stereocenters. The molecular formula is C20H30N6OS. The van der Waals surface area contributed by atoms with Gasteiger partial charge in [-0.2, -0.15) is 11.8 Å². The molecule has 1 unspecified atom stereocenters. The third kappa shape index (κ3) is 4.98. The van der Waals surface area contributed by atoms with Crippen molar-refractivity contribution in [3.05, 3.63) is 41.5 Å². The van der Waals surface area contributed by atoms with Crippen molar-refractivity contribution < 1.29 is 4.74 Å². The van der Waals surface area contributed by atoms with Gasteiger partial charge in [-0.15, -0.1) is 10.2 Å². The summed E-state index contributed by atoms with van der Waals surface area (Å²) >= 11 is 1.83. The zero-order chi connectivity index (χ0) is 20.1. The summed E-state index contributed by atoms with van der Waals surface area (Å²) in [7, 11) is 1.96. The van der Waals surface area contributed by atoms with Crippen LogP contribution in [0.3, 0.4) is 0 Å². The van der Waals surface area contributed by atoms with Crippen LogP contribution in [0.15, 0.2) is 29.3 Å². The minimum atomic E-state index is 0.109. The van der Waals surface area contributed by atoms with Crippen molar-refractivity contribution in [2.75, 3.05) is 19.4 Å². The molecule has 0 bridgehead atoms. The quantitative estimate of drug-likeness (QED) is 0.572. The van der Waals surface area contributed by atoms with Gasteiger partial charge >= 0.3 is 0 Å². The highest BCUT2D eigenvalue weighted by molar-refractivity contribution is 7.99. The Morgan fingerprint density at radius 3 is 2.86 bits per heavy atom. The van der Waals surface area contributed by atoms with Crippen LogP contribution in [0.4, 0.5) is 0 Å². The SMILES string of the molecule is CSC(C)(C)CNC(=NCc1nnc(C)n1C)NC1CCOc2ccccc21. The third-order valence-electron chi connectivity index (χ3n) is 5.06. The van der Waals surface area contributed by atoms with E-state index in [1.54, 1.807) is 0 Å². The van der Waals surface area contributed by atoms with E-state index in [0.717, 1.165) is 36.3 Å². The molecule has 0 radical (unpaired) electrons. The van der Waals surface area contributed by atoms with Crippen molar-refractivity contribution in [2.24, 2.45) is 12.0 Å². The highest BCUT2D eigenvalue weighted by Crippen LogP contribution is 2.31. The van der Waals surface area contributed by atoms with Crippen molar-refractivity contribution in [3.8, 4) is 5.75 Å². The Kier molecular flexibility index (Phi) is 6.49. The van der Waals surface area contributed by atoms with E-state index < -0.39 is 0 Å². The smallest absolute Gasteiger partial charge is 0.192 e. The number of aliphatic imine (C=N–C) groups is 1. The van der Waals surface area contributed by atoms with Gasteiger partial charge in [0.1, 0.15) is 18.1 Å². The first-order valence-electron chi connectivity index (χ1n) is 9.56. The molecule has 0 saturated carbocycles. The lowest BCUT2D eigenvalue weighted by atomic mass is 10.0. The van der Waals surface area contributed by atoms with E-state index in [2.05, 4.69) is 47.0 Å². The molecule has 0 aliphatic carbocycles. The minimum absolute atomic E-state index is 0.109. The number of aryl methyl sites for hydroxylation is 1. The Balaban J connectivity index is 1.78. The molecule has 0 amide bonds. The van der Waals surface area contributed by atoms with Crippen molar-refractivity contribution in [1.29, 1.82) is 0 Å². The summed E-state index contributed by atoms with van der Waals surface area (Å²) in [6.45, 7) is 8.36. The van der Waals surface area contributed by atoms with Crippen molar-refractivity contribution >= 4 is 17.7 Å². The second-order valence-corrected chi connectivity index (χ2v) is 9.09. The molecule has 1 aliphatic heterocycles. The standard InChI is InChI=1S/C20H30N6OS/c1-14-24-25-18(26(14)4)12-21-19(22-13-20(2,3)28-5)23-16-10-11-27-17-9-7-6-8-15(16)17/h6-9,16H,10-13H2,1-5H3,(H2,21,22,23). The van der Waals surface area contributed by atoms with E-state index in [4.69, 9.17) is 9.73 Å². The van der Waals surface area contributed by atoms with Crippen molar-refractivity contribution in [3.63, 3.8) is 0 Å². The molecule has 3 rings (SSSR count). The monoisotopic (exact) mass is 402 g/mol. The highest BCUT2D eigenvalue weighted by Gasteiger charge is 2.23. The number of hydrogen-bond acceptors (Lipinski definition) is 5. The summed E-state index contributed by atoms with van der Waals surface area (Å²) < 4.78 is 7.87. The zero-order valence-electron chi connectivity index (χ0n) is 17.3. The Hall–Kier alpha value is -2.22. The van der Waals surface area contributed by atoms with Crippen molar-refractivity contribution in [1.82, 2.24) is 25.4 Å². The molecule has 0 spiro atoms. The lowest BCUT2D eigenvalue weighted by molar-refractivity contribution is 0.261. The zero-order valence-corrected chi connectivity index (χ0v) is 18.1. The number of nitrogens with one attached hydrogen (secondary N) is 2. The number of para-hydroxylation sites is 1. The van der Waals surface area contributed by atoms with Gasteiger partial charge in [-0.3, -0.25) is 0 Å². The van der Waals surface area contributed by atoms with Gasteiger partial charge < -0.3 is 19.9 Å². The molecule has 0 fully saturated rings. The number of benzene rings is 1. The second-order valence-electron chi connectivity index (χ2n) is 7.58. The van der Waals surface area contributed by atoms with Crippen LogP contribution in [0.5, 0.6) is 5.75 Å². The van der Waals surface area contributed by atoms with Crippen LogP contribution in [0.2, 0.25) is 0 Å². The van der Waals surface area contributed by atoms with Gasteiger partial charge in [0, 0.05) is 30.3 Å². The van der Waals surface area contributed by atoms with E-state index in [1.807, 2.05) is 48.5 Å². The summed E-state index contributed by atoms with van der Waals surface area (Å²) in [5.74, 6) is 3.45. The summed E-state index contributed by atoms with van der Waals surface area (Å²) in [5, 5.41) is 15.4. The van der Waals surface area contributed by atoms with Crippen molar-refractivity contribution in [2.45, 2.75) is 44.5 Å². The molecule has 28 heavy (non-hydrogen) atoms. The fourth-order valence-electron chi connectivity index (χ4n) is 2.92. The highest BCUT2D eigenvalue weighted by atomic mass is 32.2. The summed E-state index contributed by atoms with van der Waals surface area (Å²) in [6, 6.07) is 8.35. The largest absolute Gasteiger partial charge is 0.493 e.